The lowest BCUT2D eigenvalue weighted by molar-refractivity contribution is 0.0951. The lowest BCUT2D eigenvalue weighted by Crippen LogP contribution is -2.23. The Bertz CT molecular complexity index is 846. The highest BCUT2D eigenvalue weighted by Crippen LogP contribution is 2.23. The van der Waals surface area contributed by atoms with Gasteiger partial charge in [-0.3, -0.25) is 9.89 Å². The molecule has 0 aliphatic carbocycles. The van der Waals surface area contributed by atoms with Crippen LogP contribution in [-0.4, -0.2) is 28.2 Å². The van der Waals surface area contributed by atoms with Crippen LogP contribution in [0.1, 0.15) is 15.9 Å². The number of H-pyrrole nitrogens is 1. The highest BCUT2D eigenvalue weighted by molar-refractivity contribution is 6.30. The SMILES string of the molecule is COc1cc(CNC(=O)c2cn[nH]c2-c2ccc(Cl)cc2)ccn1. The molecule has 3 aromatic rings. The number of carbonyl (C=O) groups is 1. The summed E-state index contributed by atoms with van der Waals surface area (Å²) in [5, 5.41) is 10.3. The van der Waals surface area contributed by atoms with Crippen LogP contribution in [0, 0.1) is 0 Å². The zero-order valence-corrected chi connectivity index (χ0v) is 13.7. The van der Waals surface area contributed by atoms with E-state index in [9.17, 15) is 4.79 Å². The minimum absolute atomic E-state index is 0.218. The fourth-order valence-corrected chi connectivity index (χ4v) is 2.37. The van der Waals surface area contributed by atoms with Crippen LogP contribution in [0.15, 0.2) is 48.8 Å². The van der Waals surface area contributed by atoms with E-state index < -0.39 is 0 Å². The molecule has 0 saturated carbocycles. The molecule has 2 heterocycles. The summed E-state index contributed by atoms with van der Waals surface area (Å²) >= 11 is 5.90. The Balaban J connectivity index is 1.74. The average Bonchev–Trinajstić information content (AvgIpc) is 3.10. The quantitative estimate of drug-likeness (QED) is 0.746. The second-order valence-corrected chi connectivity index (χ2v) is 5.49. The number of benzene rings is 1. The third-order valence-electron chi connectivity index (χ3n) is 3.48. The number of nitrogens with one attached hydrogen (secondary N) is 2. The molecule has 0 bridgehead atoms. The maximum atomic E-state index is 12.5. The van der Waals surface area contributed by atoms with Gasteiger partial charge >= 0.3 is 0 Å². The summed E-state index contributed by atoms with van der Waals surface area (Å²) in [7, 11) is 1.55. The van der Waals surface area contributed by atoms with E-state index in [2.05, 4.69) is 20.5 Å². The number of rotatable bonds is 5. The number of methoxy groups -OCH3 is 1. The second kappa shape index (κ2) is 7.14. The van der Waals surface area contributed by atoms with Crippen LogP contribution in [-0.2, 0) is 6.54 Å². The Morgan fingerprint density at radius 2 is 2.08 bits per heavy atom. The van der Waals surface area contributed by atoms with Crippen LogP contribution in [0.5, 0.6) is 5.88 Å². The first kappa shape index (κ1) is 16.0. The Labute approximate surface area is 143 Å². The van der Waals surface area contributed by atoms with Crippen LogP contribution >= 0.6 is 11.6 Å². The third kappa shape index (κ3) is 3.55. The van der Waals surface area contributed by atoms with E-state index >= 15 is 0 Å². The van der Waals surface area contributed by atoms with Crippen molar-refractivity contribution >= 4 is 17.5 Å². The minimum atomic E-state index is -0.218. The van der Waals surface area contributed by atoms with Crippen LogP contribution in [0.25, 0.3) is 11.3 Å². The molecule has 0 radical (unpaired) electrons. The predicted molar refractivity (Wildman–Crippen MR) is 91.0 cm³/mol. The molecule has 0 unspecified atom stereocenters. The van der Waals surface area contributed by atoms with E-state index in [1.165, 1.54) is 6.20 Å². The average molecular weight is 343 g/mol. The molecule has 24 heavy (non-hydrogen) atoms. The predicted octanol–water partition coefficient (Wildman–Crippen LogP) is 3.06. The Morgan fingerprint density at radius 1 is 1.29 bits per heavy atom. The van der Waals surface area contributed by atoms with Crippen molar-refractivity contribution in [3.8, 4) is 17.1 Å². The highest BCUT2D eigenvalue weighted by Gasteiger charge is 2.15. The third-order valence-corrected chi connectivity index (χ3v) is 3.73. The lowest BCUT2D eigenvalue weighted by Gasteiger charge is -2.07. The first-order valence-corrected chi connectivity index (χ1v) is 7.61. The number of hydrogen-bond acceptors (Lipinski definition) is 4. The molecule has 1 amide bonds. The number of nitrogens with zero attached hydrogens (tertiary/aromatic N) is 2. The van der Waals surface area contributed by atoms with Crippen molar-refractivity contribution in [2.45, 2.75) is 6.54 Å². The molecule has 1 aromatic carbocycles. The summed E-state index contributed by atoms with van der Waals surface area (Å²) in [5.41, 5.74) is 2.86. The summed E-state index contributed by atoms with van der Waals surface area (Å²) in [5.74, 6) is 0.288. The van der Waals surface area contributed by atoms with Crippen LogP contribution in [0.4, 0.5) is 0 Å². The summed E-state index contributed by atoms with van der Waals surface area (Å²) in [6.45, 7) is 0.364. The number of pyridine rings is 1. The van der Waals surface area contributed by atoms with Gasteiger partial charge in [0.2, 0.25) is 5.88 Å². The van der Waals surface area contributed by atoms with E-state index in [4.69, 9.17) is 16.3 Å². The van der Waals surface area contributed by atoms with E-state index in [1.807, 2.05) is 18.2 Å². The van der Waals surface area contributed by atoms with Crippen molar-refractivity contribution in [2.75, 3.05) is 7.11 Å². The summed E-state index contributed by atoms with van der Waals surface area (Å²) in [4.78, 5) is 16.5. The summed E-state index contributed by atoms with van der Waals surface area (Å²) in [6, 6.07) is 10.8. The van der Waals surface area contributed by atoms with Crippen molar-refractivity contribution < 1.29 is 9.53 Å². The number of halogens is 1. The van der Waals surface area contributed by atoms with Gasteiger partial charge < -0.3 is 10.1 Å². The fraction of sp³-hybridized carbons (Fsp3) is 0.118. The van der Waals surface area contributed by atoms with Gasteiger partial charge in [0.15, 0.2) is 0 Å². The highest BCUT2D eigenvalue weighted by atomic mass is 35.5. The first-order chi connectivity index (χ1) is 11.7. The molecule has 122 valence electrons. The maximum absolute atomic E-state index is 12.5. The molecule has 0 saturated heterocycles. The van der Waals surface area contributed by atoms with Crippen molar-refractivity contribution in [3.63, 3.8) is 0 Å². The topological polar surface area (TPSA) is 79.9 Å². The number of ether oxygens (including phenoxy) is 1. The Kier molecular flexibility index (Phi) is 4.77. The fourth-order valence-electron chi connectivity index (χ4n) is 2.24. The van der Waals surface area contributed by atoms with Gasteiger partial charge in [0.05, 0.1) is 24.6 Å². The van der Waals surface area contributed by atoms with E-state index in [0.717, 1.165) is 11.1 Å². The van der Waals surface area contributed by atoms with Gasteiger partial charge in [0.1, 0.15) is 0 Å². The molecular formula is C17H15ClN4O2. The van der Waals surface area contributed by atoms with Crippen LogP contribution < -0.4 is 10.1 Å². The number of aromatic amines is 1. The van der Waals surface area contributed by atoms with Crippen LogP contribution in [0.3, 0.4) is 0 Å². The lowest BCUT2D eigenvalue weighted by atomic mass is 10.1. The number of hydrogen-bond donors (Lipinski definition) is 2. The Morgan fingerprint density at radius 3 is 2.83 bits per heavy atom. The molecule has 6 nitrogen and oxygen atoms in total. The minimum Gasteiger partial charge on any atom is -0.481 e. The smallest absolute Gasteiger partial charge is 0.255 e. The van der Waals surface area contributed by atoms with Gasteiger partial charge in [-0.1, -0.05) is 23.7 Å². The van der Waals surface area contributed by atoms with Gasteiger partial charge in [-0.2, -0.15) is 5.10 Å². The van der Waals surface area contributed by atoms with Crippen molar-refractivity contribution in [1.29, 1.82) is 0 Å². The van der Waals surface area contributed by atoms with Crippen molar-refractivity contribution in [3.05, 3.63) is 64.9 Å². The molecule has 0 spiro atoms. The molecule has 0 fully saturated rings. The molecule has 2 N–H and O–H groups in total. The molecule has 0 atom stereocenters. The van der Waals surface area contributed by atoms with Gasteiger partial charge in [-0.05, 0) is 23.8 Å². The molecule has 2 aromatic heterocycles. The Hall–Kier alpha value is -2.86. The van der Waals surface area contributed by atoms with Gasteiger partial charge in [-0.25, -0.2) is 4.98 Å². The normalized spacial score (nSPS) is 10.4. The zero-order valence-electron chi connectivity index (χ0n) is 12.9. The summed E-state index contributed by atoms with van der Waals surface area (Å²) in [6.07, 6.45) is 3.14. The molecular weight excluding hydrogens is 328 g/mol. The second-order valence-electron chi connectivity index (χ2n) is 5.05. The monoisotopic (exact) mass is 342 g/mol. The standard InChI is InChI=1S/C17H15ClN4O2/c1-24-15-8-11(6-7-19-15)9-20-17(23)14-10-21-22-16(14)12-2-4-13(18)5-3-12/h2-8,10H,9H2,1H3,(H,20,23)(H,21,22). The van der Waals surface area contributed by atoms with Gasteiger partial charge in [0, 0.05) is 29.4 Å². The van der Waals surface area contributed by atoms with E-state index in [1.54, 1.807) is 31.5 Å². The largest absolute Gasteiger partial charge is 0.481 e. The van der Waals surface area contributed by atoms with Gasteiger partial charge in [-0.15, -0.1) is 0 Å². The molecule has 3 rings (SSSR count). The zero-order chi connectivity index (χ0) is 16.9. The molecule has 0 aliphatic heterocycles. The summed E-state index contributed by atoms with van der Waals surface area (Å²) < 4.78 is 5.07. The van der Waals surface area contributed by atoms with Gasteiger partial charge in [0.25, 0.3) is 5.91 Å². The van der Waals surface area contributed by atoms with Crippen molar-refractivity contribution in [2.24, 2.45) is 0 Å². The number of carbonyl (C=O) groups excluding carboxylic acids is 1. The molecule has 7 heteroatoms. The van der Waals surface area contributed by atoms with E-state index in [-0.39, 0.29) is 5.91 Å². The number of aromatic nitrogens is 3. The van der Waals surface area contributed by atoms with Crippen molar-refractivity contribution in [1.82, 2.24) is 20.5 Å². The first-order valence-electron chi connectivity index (χ1n) is 7.24. The maximum Gasteiger partial charge on any atom is 0.255 e. The van der Waals surface area contributed by atoms with E-state index in [0.29, 0.717) is 28.7 Å². The van der Waals surface area contributed by atoms with Crippen LogP contribution in [0.2, 0.25) is 5.02 Å². The number of amides is 1. The molecule has 0 aliphatic rings.